The number of aliphatic hydroxyl groups is 1. The molecule has 2 aromatic carbocycles. The fourth-order valence-corrected chi connectivity index (χ4v) is 3.68. The average molecular weight is 394 g/mol. The van der Waals surface area contributed by atoms with Gasteiger partial charge < -0.3 is 19.9 Å². The van der Waals surface area contributed by atoms with Crippen LogP contribution in [-0.2, 0) is 32.2 Å². The van der Waals surface area contributed by atoms with Gasteiger partial charge in [0.15, 0.2) is 0 Å². The maximum absolute atomic E-state index is 12.5. The minimum absolute atomic E-state index is 0.169. The second-order valence-electron chi connectivity index (χ2n) is 7.11. The second-order valence-corrected chi connectivity index (χ2v) is 7.11. The number of fused-ring (bicyclic) bond motifs is 2. The maximum Gasteiger partial charge on any atom is 0.325 e. The van der Waals surface area contributed by atoms with Crippen molar-refractivity contribution in [2.75, 3.05) is 12.4 Å². The van der Waals surface area contributed by atoms with Crippen LogP contribution in [0.3, 0.4) is 0 Å². The van der Waals surface area contributed by atoms with Gasteiger partial charge in [-0.3, -0.25) is 14.9 Å². The zero-order chi connectivity index (χ0) is 20.5. The van der Waals surface area contributed by atoms with E-state index in [1.807, 2.05) is 42.5 Å². The van der Waals surface area contributed by atoms with Crippen LogP contribution in [0.2, 0.25) is 0 Å². The third-order valence-electron chi connectivity index (χ3n) is 5.15. The van der Waals surface area contributed by atoms with Crippen LogP contribution < -0.4 is 10.6 Å². The van der Waals surface area contributed by atoms with Gasteiger partial charge in [-0.15, -0.1) is 0 Å². The normalized spacial score (nSPS) is 19.1. The summed E-state index contributed by atoms with van der Waals surface area (Å²) >= 11 is 0. The number of aliphatic hydroxyl groups excluding tert-OH is 1. The van der Waals surface area contributed by atoms with Gasteiger partial charge in [-0.25, -0.2) is 0 Å². The third-order valence-corrected chi connectivity index (χ3v) is 5.15. The standard InChI is InChI=1S/C22H22N2O5/c1-12(25)19(22(27)28-2)23-10-13-7-8-15-14(9-13)11-29-20(15)18-16-5-3-4-6-17(16)24-21(18)26/h3-9,12,19,23,25H,10-11H2,1-2H3,(H,24,26)/b20-18+/t12-,19+/m1/s1. The summed E-state index contributed by atoms with van der Waals surface area (Å²) in [5, 5.41) is 15.7. The largest absolute Gasteiger partial charge is 0.487 e. The first kappa shape index (κ1) is 19.2. The van der Waals surface area contributed by atoms with Crippen LogP contribution in [0.5, 0.6) is 0 Å². The van der Waals surface area contributed by atoms with Gasteiger partial charge in [0, 0.05) is 28.9 Å². The molecule has 4 rings (SSSR count). The zero-order valence-electron chi connectivity index (χ0n) is 16.2. The third kappa shape index (κ3) is 3.50. The van der Waals surface area contributed by atoms with Gasteiger partial charge in [-0.05, 0) is 18.6 Å². The number of ether oxygens (including phenoxy) is 2. The van der Waals surface area contributed by atoms with Crippen molar-refractivity contribution in [1.82, 2.24) is 5.32 Å². The van der Waals surface area contributed by atoms with Crippen molar-refractivity contribution in [3.05, 3.63) is 64.7 Å². The molecule has 0 unspecified atom stereocenters. The number of benzene rings is 2. The number of anilines is 1. The number of carbonyl (C=O) groups is 2. The van der Waals surface area contributed by atoms with Crippen LogP contribution in [0.4, 0.5) is 5.69 Å². The quantitative estimate of drug-likeness (QED) is 0.531. The van der Waals surface area contributed by atoms with Gasteiger partial charge in [0.05, 0.1) is 18.8 Å². The number of esters is 1. The highest BCUT2D eigenvalue weighted by Crippen LogP contribution is 2.41. The van der Waals surface area contributed by atoms with Crippen molar-refractivity contribution < 1.29 is 24.2 Å². The topological polar surface area (TPSA) is 96.9 Å². The minimum atomic E-state index is -0.877. The van der Waals surface area contributed by atoms with Crippen LogP contribution >= 0.6 is 0 Å². The van der Waals surface area contributed by atoms with Crippen LogP contribution in [0.25, 0.3) is 11.3 Å². The summed E-state index contributed by atoms with van der Waals surface area (Å²) in [6, 6.07) is 12.5. The lowest BCUT2D eigenvalue weighted by Gasteiger charge is -2.19. The molecule has 1 amide bonds. The predicted molar refractivity (Wildman–Crippen MR) is 107 cm³/mol. The van der Waals surface area contributed by atoms with E-state index in [9.17, 15) is 14.7 Å². The van der Waals surface area contributed by atoms with Crippen molar-refractivity contribution in [2.45, 2.75) is 32.2 Å². The van der Waals surface area contributed by atoms with Crippen molar-refractivity contribution in [3.63, 3.8) is 0 Å². The highest BCUT2D eigenvalue weighted by atomic mass is 16.5. The van der Waals surface area contributed by atoms with Gasteiger partial charge >= 0.3 is 5.97 Å². The number of para-hydroxylation sites is 1. The Morgan fingerprint density at radius 2 is 2.07 bits per heavy atom. The lowest BCUT2D eigenvalue weighted by atomic mass is 9.99. The molecule has 0 bridgehead atoms. The molecule has 3 N–H and O–H groups in total. The molecule has 2 aliphatic rings. The Kier molecular flexibility index (Phi) is 5.08. The van der Waals surface area contributed by atoms with Crippen molar-refractivity contribution in [3.8, 4) is 0 Å². The molecule has 0 fully saturated rings. The highest BCUT2D eigenvalue weighted by molar-refractivity contribution is 6.36. The summed E-state index contributed by atoms with van der Waals surface area (Å²) in [6.45, 7) is 2.29. The first-order valence-electron chi connectivity index (χ1n) is 9.39. The monoisotopic (exact) mass is 394 g/mol. The number of hydrogen-bond donors (Lipinski definition) is 3. The molecule has 0 saturated carbocycles. The first-order valence-corrected chi connectivity index (χ1v) is 9.39. The molecule has 150 valence electrons. The molecule has 0 aromatic heterocycles. The van der Waals surface area contributed by atoms with Crippen LogP contribution in [0.1, 0.15) is 29.2 Å². The number of nitrogens with one attached hydrogen (secondary N) is 2. The Morgan fingerprint density at radius 1 is 1.28 bits per heavy atom. The molecule has 0 saturated heterocycles. The highest BCUT2D eigenvalue weighted by Gasteiger charge is 2.32. The lowest BCUT2D eigenvalue weighted by molar-refractivity contribution is -0.145. The van der Waals surface area contributed by atoms with E-state index in [1.54, 1.807) is 0 Å². The number of amides is 1. The molecule has 2 heterocycles. The molecule has 7 heteroatoms. The lowest BCUT2D eigenvalue weighted by Crippen LogP contribution is -2.45. The summed E-state index contributed by atoms with van der Waals surface area (Å²) in [6.07, 6.45) is -0.877. The summed E-state index contributed by atoms with van der Waals surface area (Å²) < 4.78 is 10.6. The Balaban J connectivity index is 1.59. The molecule has 7 nitrogen and oxygen atoms in total. The Morgan fingerprint density at radius 3 is 2.83 bits per heavy atom. The van der Waals surface area contributed by atoms with Crippen LogP contribution in [-0.4, -0.2) is 36.2 Å². The predicted octanol–water partition coefficient (Wildman–Crippen LogP) is 2.05. The Labute approximate surface area is 168 Å². The number of carbonyl (C=O) groups excluding carboxylic acids is 2. The molecule has 0 radical (unpaired) electrons. The van der Waals surface area contributed by atoms with E-state index in [4.69, 9.17) is 9.47 Å². The number of rotatable bonds is 5. The fraction of sp³-hybridized carbons (Fsp3) is 0.273. The van der Waals surface area contributed by atoms with Crippen LogP contribution in [0.15, 0.2) is 42.5 Å². The second kappa shape index (κ2) is 7.69. The van der Waals surface area contributed by atoms with E-state index in [2.05, 4.69) is 10.6 Å². The molecule has 0 spiro atoms. The van der Waals surface area contributed by atoms with E-state index in [0.717, 1.165) is 27.9 Å². The maximum atomic E-state index is 12.5. The van der Waals surface area contributed by atoms with E-state index in [1.165, 1.54) is 14.0 Å². The summed E-state index contributed by atoms with van der Waals surface area (Å²) in [5.74, 6) is -0.0987. The molecule has 2 aliphatic heterocycles. The SMILES string of the molecule is COC(=O)[C@@H](NCc1ccc2c(c1)CO/C2=C1/C(=O)Nc2ccccc21)[C@@H](C)O. The fourth-order valence-electron chi connectivity index (χ4n) is 3.68. The molecule has 0 aliphatic carbocycles. The van der Waals surface area contributed by atoms with Crippen molar-refractivity contribution >= 4 is 28.9 Å². The van der Waals surface area contributed by atoms with Gasteiger partial charge in [0.2, 0.25) is 0 Å². The zero-order valence-corrected chi connectivity index (χ0v) is 16.2. The van der Waals surface area contributed by atoms with E-state index < -0.39 is 18.1 Å². The smallest absolute Gasteiger partial charge is 0.325 e. The summed E-state index contributed by atoms with van der Waals surface area (Å²) in [5.41, 5.74) is 4.95. The summed E-state index contributed by atoms with van der Waals surface area (Å²) in [7, 11) is 1.29. The number of methoxy groups -OCH3 is 1. The van der Waals surface area contributed by atoms with Gasteiger partial charge in [-0.1, -0.05) is 36.4 Å². The van der Waals surface area contributed by atoms with Gasteiger partial charge in [0.1, 0.15) is 18.4 Å². The Bertz CT molecular complexity index is 1010. The molecule has 2 aromatic rings. The average Bonchev–Trinajstić information content (AvgIpc) is 3.26. The Hall–Kier alpha value is -3.16. The number of hydrogen-bond acceptors (Lipinski definition) is 6. The van der Waals surface area contributed by atoms with Crippen molar-refractivity contribution in [2.24, 2.45) is 0 Å². The molecule has 2 atom stereocenters. The van der Waals surface area contributed by atoms with E-state index in [-0.39, 0.29) is 5.91 Å². The van der Waals surface area contributed by atoms with Gasteiger partial charge in [-0.2, -0.15) is 0 Å². The molecular weight excluding hydrogens is 372 g/mol. The van der Waals surface area contributed by atoms with E-state index in [0.29, 0.717) is 24.5 Å². The molecular formula is C22H22N2O5. The van der Waals surface area contributed by atoms with Crippen LogP contribution in [0, 0.1) is 0 Å². The van der Waals surface area contributed by atoms with Crippen molar-refractivity contribution in [1.29, 1.82) is 0 Å². The summed E-state index contributed by atoms with van der Waals surface area (Å²) in [4.78, 5) is 24.3. The van der Waals surface area contributed by atoms with E-state index >= 15 is 0 Å². The first-order chi connectivity index (χ1) is 14.0. The molecule has 29 heavy (non-hydrogen) atoms. The minimum Gasteiger partial charge on any atom is -0.487 e. The van der Waals surface area contributed by atoms with Gasteiger partial charge in [0.25, 0.3) is 5.91 Å².